The molecule has 3 aliphatic carbocycles. The molecule has 2 bridgehead atoms. The van der Waals surface area contributed by atoms with E-state index in [1.165, 1.54) is 0 Å². The van der Waals surface area contributed by atoms with Gasteiger partial charge in [-0.15, -0.1) is 0 Å². The molecule has 5 rings (SSSR count). The van der Waals surface area contributed by atoms with Crippen LogP contribution >= 0.6 is 0 Å². The summed E-state index contributed by atoms with van der Waals surface area (Å²) in [5, 5.41) is 0.562. The molecular formula is C25H35N3O4S. The zero-order valence-electron chi connectivity index (χ0n) is 20.9. The lowest BCUT2D eigenvalue weighted by Crippen LogP contribution is -2.69. The molecule has 2 atom stereocenters. The average Bonchev–Trinajstić information content (AvgIpc) is 2.62. The summed E-state index contributed by atoms with van der Waals surface area (Å²) in [5.74, 6) is 0.595. The third-order valence-corrected chi connectivity index (χ3v) is 8.62. The van der Waals surface area contributed by atoms with E-state index in [0.29, 0.717) is 30.2 Å². The molecule has 0 spiro atoms. The topological polar surface area (TPSA) is 90.3 Å². The van der Waals surface area contributed by atoms with Gasteiger partial charge in [0.2, 0.25) is 0 Å². The zero-order chi connectivity index (χ0) is 24.5. The molecule has 180 valence electrons. The summed E-state index contributed by atoms with van der Waals surface area (Å²) in [4.78, 5) is 30.9. The van der Waals surface area contributed by atoms with E-state index in [4.69, 9.17) is 9.72 Å². The molecule has 7 nitrogen and oxygen atoms in total. The highest BCUT2D eigenvalue weighted by Crippen LogP contribution is 2.73. The third kappa shape index (κ3) is 3.85. The number of esters is 1. The van der Waals surface area contributed by atoms with Gasteiger partial charge >= 0.3 is 5.97 Å². The minimum Gasteiger partial charge on any atom is -0.463 e. The molecule has 8 heteroatoms. The van der Waals surface area contributed by atoms with Crippen LogP contribution in [0.3, 0.4) is 0 Å². The fourth-order valence-corrected chi connectivity index (χ4v) is 6.14. The summed E-state index contributed by atoms with van der Waals surface area (Å²) < 4.78 is 22.6. The van der Waals surface area contributed by atoms with E-state index in [1.54, 1.807) is 11.6 Å². The van der Waals surface area contributed by atoms with Crippen molar-refractivity contribution in [2.75, 3.05) is 0 Å². The molecule has 2 aromatic rings. The lowest BCUT2D eigenvalue weighted by atomic mass is 9.34. The smallest absolute Gasteiger partial charge is 0.312 e. The van der Waals surface area contributed by atoms with Crippen LogP contribution in [0.25, 0.3) is 10.9 Å². The number of benzene rings is 1. The van der Waals surface area contributed by atoms with Gasteiger partial charge in [-0.2, -0.15) is 0 Å². The Morgan fingerprint density at radius 1 is 1.21 bits per heavy atom. The third-order valence-electron chi connectivity index (χ3n) is 6.94. The maximum atomic E-state index is 13.4. The molecule has 0 amide bonds. The van der Waals surface area contributed by atoms with Gasteiger partial charge in [0, 0.05) is 18.5 Å². The lowest BCUT2D eigenvalue weighted by molar-refractivity contribution is -0.206. The van der Waals surface area contributed by atoms with Gasteiger partial charge in [-0.25, -0.2) is 13.9 Å². The number of hydrogen-bond acceptors (Lipinski definition) is 5. The molecule has 0 aliphatic heterocycles. The summed E-state index contributed by atoms with van der Waals surface area (Å²) in [6.07, 6.45) is 1.87. The van der Waals surface area contributed by atoms with Gasteiger partial charge in [0.05, 0.1) is 38.2 Å². The Hall–Kier alpha value is -2.06. The van der Waals surface area contributed by atoms with Crippen LogP contribution in [-0.4, -0.2) is 30.6 Å². The molecule has 1 heterocycles. The van der Waals surface area contributed by atoms with Crippen LogP contribution in [0.5, 0.6) is 0 Å². The fraction of sp³-hybridized carbons (Fsp3) is 0.640. The van der Waals surface area contributed by atoms with Gasteiger partial charge in [0.25, 0.3) is 5.56 Å². The number of nitrogens with one attached hydrogen (secondary N) is 1. The number of hydrogen-bond donors (Lipinski definition) is 1. The second kappa shape index (κ2) is 7.73. The standard InChI is InChI=1S/C25H35N3O4S/c1-14(2)32-22(30)25-11-24(12-25,13-25)21-26-19-17(16(4)27-33(31)23(5,6)7)9-15(3)10-18(19)20(29)28(21)8/h9-10,14,16,27H,11-13H2,1-8H3/t16-,24?,25?,33-/m1/s1. The van der Waals surface area contributed by atoms with Gasteiger partial charge in [-0.05, 0) is 84.9 Å². The van der Waals surface area contributed by atoms with Crippen LogP contribution in [0.15, 0.2) is 16.9 Å². The Bertz CT molecular complexity index is 1210. The molecule has 0 unspecified atom stereocenters. The van der Waals surface area contributed by atoms with Gasteiger partial charge in [0.1, 0.15) is 5.82 Å². The van der Waals surface area contributed by atoms with Crippen LogP contribution in [0.1, 0.15) is 83.8 Å². The highest BCUT2D eigenvalue weighted by atomic mass is 32.2. The fourth-order valence-electron chi connectivity index (χ4n) is 5.34. The Labute approximate surface area is 197 Å². The van der Waals surface area contributed by atoms with E-state index < -0.39 is 21.1 Å². The number of rotatable bonds is 6. The molecule has 3 fully saturated rings. The molecule has 0 saturated heterocycles. The van der Waals surface area contributed by atoms with E-state index in [-0.39, 0.29) is 29.1 Å². The van der Waals surface area contributed by atoms with Crippen LogP contribution in [0.4, 0.5) is 0 Å². The second-order valence-corrected chi connectivity index (χ2v) is 13.3. The molecule has 3 saturated carbocycles. The highest BCUT2D eigenvalue weighted by Gasteiger charge is 2.74. The second-order valence-electron chi connectivity index (χ2n) is 11.3. The maximum Gasteiger partial charge on any atom is 0.312 e. The number of aryl methyl sites for hydroxylation is 1. The summed E-state index contributed by atoms with van der Waals surface area (Å²) in [5.41, 5.74) is 1.69. The predicted molar refractivity (Wildman–Crippen MR) is 130 cm³/mol. The number of fused-ring (bicyclic) bond motifs is 1. The van der Waals surface area contributed by atoms with Crippen molar-refractivity contribution in [2.24, 2.45) is 12.5 Å². The number of nitrogens with zero attached hydrogens (tertiary/aromatic N) is 2. The first-order valence-corrected chi connectivity index (χ1v) is 12.7. The van der Waals surface area contributed by atoms with Gasteiger partial charge in [0.15, 0.2) is 0 Å². The van der Waals surface area contributed by atoms with Crippen molar-refractivity contribution in [3.63, 3.8) is 0 Å². The maximum absolute atomic E-state index is 13.4. The number of carbonyl (C=O) groups excluding carboxylic acids is 1. The van der Waals surface area contributed by atoms with E-state index >= 15 is 0 Å². The Kier molecular flexibility index (Phi) is 5.64. The number of aromatic nitrogens is 2. The largest absolute Gasteiger partial charge is 0.463 e. The molecule has 33 heavy (non-hydrogen) atoms. The van der Waals surface area contributed by atoms with Gasteiger partial charge < -0.3 is 4.74 Å². The van der Waals surface area contributed by atoms with E-state index in [1.807, 2.05) is 60.6 Å². The van der Waals surface area contributed by atoms with E-state index in [0.717, 1.165) is 17.0 Å². The number of ether oxygens (including phenoxy) is 1. The zero-order valence-corrected chi connectivity index (χ0v) is 21.7. The van der Waals surface area contributed by atoms with Crippen molar-refractivity contribution in [3.05, 3.63) is 39.4 Å². The predicted octanol–water partition coefficient (Wildman–Crippen LogP) is 3.73. The quantitative estimate of drug-likeness (QED) is 0.646. The Morgan fingerprint density at radius 2 is 1.82 bits per heavy atom. The van der Waals surface area contributed by atoms with Gasteiger partial charge in [-0.1, -0.05) is 6.07 Å². The van der Waals surface area contributed by atoms with Crippen LogP contribution in [-0.2, 0) is 33.0 Å². The van der Waals surface area contributed by atoms with Gasteiger partial charge in [-0.3, -0.25) is 14.2 Å². The molecular weight excluding hydrogens is 438 g/mol. The highest BCUT2D eigenvalue weighted by molar-refractivity contribution is 7.84. The molecule has 1 N–H and O–H groups in total. The van der Waals surface area contributed by atoms with Crippen LogP contribution in [0, 0.1) is 12.3 Å². The average molecular weight is 474 g/mol. The van der Waals surface area contributed by atoms with Crippen molar-refractivity contribution in [1.29, 1.82) is 0 Å². The summed E-state index contributed by atoms with van der Waals surface area (Å²) in [6, 6.07) is 3.63. The van der Waals surface area contributed by atoms with E-state index in [9.17, 15) is 13.8 Å². The Morgan fingerprint density at radius 3 is 2.36 bits per heavy atom. The van der Waals surface area contributed by atoms with Crippen molar-refractivity contribution < 1.29 is 13.7 Å². The first-order chi connectivity index (χ1) is 15.2. The SMILES string of the molecule is Cc1cc([C@@H](C)N[S@](=O)C(C)(C)C)c2nc(C34CC(C(=O)OC(C)C)(C3)C4)n(C)c(=O)c2c1. The van der Waals surface area contributed by atoms with Crippen molar-refractivity contribution in [1.82, 2.24) is 14.3 Å². The van der Waals surface area contributed by atoms with Crippen molar-refractivity contribution in [2.45, 2.75) is 90.0 Å². The molecule has 3 aliphatic rings. The minimum atomic E-state index is -1.26. The van der Waals surface area contributed by atoms with Crippen molar-refractivity contribution >= 4 is 27.9 Å². The Balaban J connectivity index is 1.73. The molecule has 1 aromatic carbocycles. The van der Waals surface area contributed by atoms with E-state index in [2.05, 4.69) is 4.72 Å². The lowest BCUT2D eigenvalue weighted by Gasteiger charge is -2.68. The minimum absolute atomic E-state index is 0.0902. The summed E-state index contributed by atoms with van der Waals surface area (Å²) in [7, 11) is 0.505. The monoisotopic (exact) mass is 473 g/mol. The molecule has 0 radical (unpaired) electrons. The normalized spacial score (nSPS) is 26.0. The van der Waals surface area contributed by atoms with Crippen LogP contribution < -0.4 is 10.3 Å². The van der Waals surface area contributed by atoms with Crippen LogP contribution in [0.2, 0.25) is 0 Å². The first-order valence-electron chi connectivity index (χ1n) is 11.6. The number of carbonyl (C=O) groups is 1. The summed E-state index contributed by atoms with van der Waals surface area (Å²) in [6.45, 7) is 13.4. The molecule has 1 aromatic heterocycles. The summed E-state index contributed by atoms with van der Waals surface area (Å²) >= 11 is 0. The first kappa shape index (κ1) is 24.1. The van der Waals surface area contributed by atoms with Crippen molar-refractivity contribution in [3.8, 4) is 0 Å².